The van der Waals surface area contributed by atoms with Crippen LogP contribution in [-0.4, -0.2) is 52.6 Å². The Morgan fingerprint density at radius 1 is 1.22 bits per heavy atom. The van der Waals surface area contributed by atoms with Crippen molar-refractivity contribution in [3.8, 4) is 5.75 Å². The van der Waals surface area contributed by atoms with Gasteiger partial charge in [0.25, 0.3) is 0 Å². The van der Waals surface area contributed by atoms with Gasteiger partial charge >= 0.3 is 0 Å². The van der Waals surface area contributed by atoms with E-state index in [0.29, 0.717) is 19.0 Å². The standard InChI is InChI=1S/C19H31NO3/c1-5-16(6-2)20-8-7-18(21)19(22,12-20)13-23-17-10-14(3)9-15(4)11-17/h9-11,16,18,21-22H,5-8,12-13H2,1-4H3/t18-,19-/m0/s1. The third kappa shape index (κ3) is 4.46. The number of nitrogens with zero attached hydrogens (tertiary/aromatic N) is 1. The Morgan fingerprint density at radius 3 is 2.39 bits per heavy atom. The summed E-state index contributed by atoms with van der Waals surface area (Å²) in [5.41, 5.74) is 1.06. The van der Waals surface area contributed by atoms with Crippen LogP contribution < -0.4 is 4.74 Å². The summed E-state index contributed by atoms with van der Waals surface area (Å²) in [7, 11) is 0. The van der Waals surface area contributed by atoms with Crippen LogP contribution in [0.3, 0.4) is 0 Å². The minimum atomic E-state index is -1.21. The van der Waals surface area contributed by atoms with Gasteiger partial charge in [0.05, 0.1) is 6.10 Å². The zero-order chi connectivity index (χ0) is 17.0. The second kappa shape index (κ2) is 7.65. The van der Waals surface area contributed by atoms with Gasteiger partial charge in [-0.25, -0.2) is 0 Å². The normalized spacial score (nSPS) is 25.8. The number of hydrogen-bond acceptors (Lipinski definition) is 4. The van der Waals surface area contributed by atoms with Crippen molar-refractivity contribution >= 4 is 0 Å². The van der Waals surface area contributed by atoms with E-state index in [4.69, 9.17) is 4.74 Å². The molecule has 2 N–H and O–H groups in total. The molecule has 1 fully saturated rings. The van der Waals surface area contributed by atoms with E-state index in [-0.39, 0.29) is 6.61 Å². The molecule has 1 saturated heterocycles. The Balaban J connectivity index is 2.05. The highest BCUT2D eigenvalue weighted by molar-refractivity contribution is 5.33. The number of β-amino-alcohol motifs (C(OH)–C–C–N with tert-alkyl or cyclic N) is 1. The van der Waals surface area contributed by atoms with Gasteiger partial charge < -0.3 is 14.9 Å². The van der Waals surface area contributed by atoms with E-state index >= 15 is 0 Å². The molecule has 130 valence electrons. The maximum Gasteiger partial charge on any atom is 0.137 e. The van der Waals surface area contributed by atoms with Gasteiger partial charge in [0.15, 0.2) is 0 Å². The summed E-state index contributed by atoms with van der Waals surface area (Å²) in [5, 5.41) is 21.2. The lowest BCUT2D eigenvalue weighted by atomic mass is 9.89. The fourth-order valence-corrected chi connectivity index (χ4v) is 3.58. The molecule has 0 saturated carbocycles. The second-order valence-corrected chi connectivity index (χ2v) is 6.96. The van der Waals surface area contributed by atoms with Crippen LogP contribution in [0.1, 0.15) is 44.2 Å². The second-order valence-electron chi connectivity index (χ2n) is 6.96. The summed E-state index contributed by atoms with van der Waals surface area (Å²) in [4.78, 5) is 2.29. The van der Waals surface area contributed by atoms with Gasteiger partial charge in [-0.3, -0.25) is 4.90 Å². The number of aliphatic hydroxyl groups is 2. The molecule has 0 bridgehead atoms. The molecule has 1 aliphatic heterocycles. The Bertz CT molecular complexity index is 495. The highest BCUT2D eigenvalue weighted by Gasteiger charge is 2.43. The lowest BCUT2D eigenvalue weighted by Crippen LogP contribution is -2.61. The number of hydrogen-bond donors (Lipinski definition) is 2. The van der Waals surface area contributed by atoms with E-state index in [9.17, 15) is 10.2 Å². The monoisotopic (exact) mass is 321 g/mol. The molecule has 0 amide bonds. The SMILES string of the molecule is CCC(CC)N1CC[C@H](O)[C@@](O)(COc2cc(C)cc(C)c2)C1. The van der Waals surface area contributed by atoms with Gasteiger partial charge in [-0.1, -0.05) is 19.9 Å². The predicted octanol–water partition coefficient (Wildman–Crippen LogP) is 2.67. The summed E-state index contributed by atoms with van der Waals surface area (Å²) in [6.07, 6.45) is 1.96. The largest absolute Gasteiger partial charge is 0.490 e. The van der Waals surface area contributed by atoms with Crippen molar-refractivity contribution in [1.29, 1.82) is 0 Å². The molecule has 1 heterocycles. The summed E-state index contributed by atoms with van der Waals surface area (Å²) in [5.74, 6) is 0.753. The average molecular weight is 321 g/mol. The molecule has 1 aromatic carbocycles. The van der Waals surface area contributed by atoms with Crippen LogP contribution in [0.2, 0.25) is 0 Å². The number of aliphatic hydroxyl groups excluding tert-OH is 1. The first-order valence-corrected chi connectivity index (χ1v) is 8.73. The molecule has 2 rings (SSSR count). The Hall–Kier alpha value is -1.10. The molecule has 2 atom stereocenters. The lowest BCUT2D eigenvalue weighted by Gasteiger charge is -2.45. The molecule has 0 radical (unpaired) electrons. The molecule has 0 spiro atoms. The zero-order valence-corrected chi connectivity index (χ0v) is 14.9. The van der Waals surface area contributed by atoms with Crippen molar-refractivity contribution < 1.29 is 14.9 Å². The zero-order valence-electron chi connectivity index (χ0n) is 14.9. The molecular formula is C19H31NO3. The molecule has 0 aliphatic carbocycles. The van der Waals surface area contributed by atoms with E-state index in [0.717, 1.165) is 36.3 Å². The molecule has 0 aromatic heterocycles. The molecule has 4 nitrogen and oxygen atoms in total. The first-order chi connectivity index (χ1) is 10.9. The van der Waals surface area contributed by atoms with Gasteiger partial charge in [-0.05, 0) is 56.4 Å². The van der Waals surface area contributed by atoms with E-state index in [2.05, 4.69) is 24.8 Å². The van der Waals surface area contributed by atoms with Gasteiger partial charge in [-0.15, -0.1) is 0 Å². The summed E-state index contributed by atoms with van der Waals surface area (Å²) < 4.78 is 5.84. The third-order valence-electron chi connectivity index (χ3n) is 4.93. The Kier molecular flexibility index (Phi) is 6.06. The van der Waals surface area contributed by atoms with E-state index in [1.807, 2.05) is 26.0 Å². The Morgan fingerprint density at radius 2 is 1.83 bits per heavy atom. The van der Waals surface area contributed by atoms with Crippen LogP contribution in [-0.2, 0) is 0 Å². The molecule has 4 heteroatoms. The maximum absolute atomic E-state index is 10.9. The van der Waals surface area contributed by atoms with Gasteiger partial charge in [0.2, 0.25) is 0 Å². The summed E-state index contributed by atoms with van der Waals surface area (Å²) in [6, 6.07) is 6.47. The smallest absolute Gasteiger partial charge is 0.137 e. The Labute approximate surface area is 140 Å². The van der Waals surface area contributed by atoms with Gasteiger partial charge in [0, 0.05) is 19.1 Å². The molecule has 23 heavy (non-hydrogen) atoms. The first-order valence-electron chi connectivity index (χ1n) is 8.73. The van der Waals surface area contributed by atoms with Crippen LogP contribution in [0, 0.1) is 13.8 Å². The van der Waals surface area contributed by atoms with E-state index < -0.39 is 11.7 Å². The highest BCUT2D eigenvalue weighted by atomic mass is 16.5. The quantitative estimate of drug-likeness (QED) is 0.846. The predicted molar refractivity (Wildman–Crippen MR) is 92.9 cm³/mol. The first kappa shape index (κ1) is 18.2. The molecule has 1 aromatic rings. The van der Waals surface area contributed by atoms with Crippen LogP contribution in [0.4, 0.5) is 0 Å². The molecule has 1 aliphatic rings. The number of rotatable bonds is 6. The van der Waals surface area contributed by atoms with E-state index in [1.54, 1.807) is 0 Å². The third-order valence-corrected chi connectivity index (χ3v) is 4.93. The van der Waals surface area contributed by atoms with Crippen molar-refractivity contribution in [2.75, 3.05) is 19.7 Å². The van der Waals surface area contributed by atoms with Gasteiger partial charge in [0.1, 0.15) is 18.0 Å². The minimum absolute atomic E-state index is 0.119. The maximum atomic E-state index is 10.9. The molecular weight excluding hydrogens is 290 g/mol. The fraction of sp³-hybridized carbons (Fsp3) is 0.684. The number of likely N-dealkylation sites (tertiary alicyclic amines) is 1. The van der Waals surface area contributed by atoms with Crippen LogP contribution in [0.25, 0.3) is 0 Å². The van der Waals surface area contributed by atoms with Crippen molar-refractivity contribution in [3.63, 3.8) is 0 Å². The number of benzene rings is 1. The fourth-order valence-electron chi connectivity index (χ4n) is 3.58. The summed E-state index contributed by atoms with van der Waals surface area (Å²) in [6.45, 7) is 9.81. The number of ether oxygens (including phenoxy) is 1. The van der Waals surface area contributed by atoms with Crippen molar-refractivity contribution in [1.82, 2.24) is 4.90 Å². The van der Waals surface area contributed by atoms with Crippen molar-refractivity contribution in [3.05, 3.63) is 29.3 Å². The van der Waals surface area contributed by atoms with Crippen molar-refractivity contribution in [2.45, 2.75) is 64.7 Å². The van der Waals surface area contributed by atoms with E-state index in [1.165, 1.54) is 0 Å². The topological polar surface area (TPSA) is 52.9 Å². The molecule has 0 unspecified atom stereocenters. The number of aryl methyl sites for hydroxylation is 2. The van der Waals surface area contributed by atoms with Crippen LogP contribution >= 0.6 is 0 Å². The highest BCUT2D eigenvalue weighted by Crippen LogP contribution is 2.27. The van der Waals surface area contributed by atoms with Crippen LogP contribution in [0.5, 0.6) is 5.75 Å². The lowest BCUT2D eigenvalue weighted by molar-refractivity contribution is -0.145. The van der Waals surface area contributed by atoms with Crippen LogP contribution in [0.15, 0.2) is 18.2 Å². The van der Waals surface area contributed by atoms with Gasteiger partial charge in [-0.2, -0.15) is 0 Å². The number of piperidine rings is 1. The minimum Gasteiger partial charge on any atom is -0.490 e. The van der Waals surface area contributed by atoms with Crippen molar-refractivity contribution in [2.24, 2.45) is 0 Å². The summed E-state index contributed by atoms with van der Waals surface area (Å²) >= 11 is 0. The average Bonchev–Trinajstić information content (AvgIpc) is 2.49.